The predicted octanol–water partition coefficient (Wildman–Crippen LogP) is 10.1. The molecule has 37 heavy (non-hydrogen) atoms. The van der Waals surface area contributed by atoms with Gasteiger partial charge in [-0.25, -0.2) is 0 Å². The molecule has 4 aliphatic rings. The Hall–Kier alpha value is -0.500. The summed E-state index contributed by atoms with van der Waals surface area (Å²) < 4.78 is 5.97. The van der Waals surface area contributed by atoms with Crippen molar-refractivity contribution in [3.8, 4) is 0 Å². The van der Waals surface area contributed by atoms with E-state index in [2.05, 4.69) is 47.6 Å². The lowest BCUT2D eigenvalue weighted by Gasteiger charge is -2.58. The van der Waals surface area contributed by atoms with Gasteiger partial charge in [0.1, 0.15) is 11.5 Å². The quantitative estimate of drug-likeness (QED) is 0.114. The lowest BCUT2D eigenvalue weighted by molar-refractivity contribution is -0.151. The van der Waals surface area contributed by atoms with Gasteiger partial charge in [-0.3, -0.25) is 4.79 Å². The first kappa shape index (κ1) is 29.5. The Morgan fingerprint density at radius 1 is 1.00 bits per heavy atom. The van der Waals surface area contributed by atoms with Crippen LogP contribution in [0, 0.1) is 46.3 Å². The molecule has 3 heteroatoms. The Morgan fingerprint density at radius 3 is 2.51 bits per heavy atom. The highest BCUT2D eigenvalue weighted by atomic mass is 35.5. The van der Waals surface area contributed by atoms with Gasteiger partial charge in [-0.2, -0.15) is 0 Å². The molecule has 0 aromatic heterocycles. The van der Waals surface area contributed by atoms with Crippen molar-refractivity contribution in [3.63, 3.8) is 0 Å². The maximum atomic E-state index is 12.6. The molecule has 0 aliphatic heterocycles. The third-order valence-corrected chi connectivity index (χ3v) is 12.3. The minimum Gasteiger partial charge on any atom is -0.461 e. The summed E-state index contributed by atoms with van der Waals surface area (Å²) in [6.45, 7) is 14.7. The van der Waals surface area contributed by atoms with Crippen LogP contribution in [0.2, 0.25) is 0 Å². The van der Waals surface area contributed by atoms with E-state index in [0.717, 1.165) is 74.0 Å². The monoisotopic (exact) mass is 532 g/mol. The maximum absolute atomic E-state index is 12.6. The van der Waals surface area contributed by atoms with Crippen LogP contribution < -0.4 is 0 Å². The standard InChI is InChI=1S/C34H57ClO2/c1-7-8-9-13-31(35)32(36)37-26-18-20-33(5)25(22-26)14-15-27-29-17-16-28(24(4)12-10-11-23(2)3)34(29,6)21-19-30(27)33/h14,23-24,26-31H,7-13,15-22H2,1-6H3/t24-,26+,27-,28+,29-,30-,31-,33+,34-/m1/s1. The molecule has 0 radical (unpaired) electrons. The van der Waals surface area contributed by atoms with Crippen LogP contribution in [0.15, 0.2) is 11.6 Å². The third-order valence-electron chi connectivity index (χ3n) is 11.9. The molecule has 3 saturated carbocycles. The van der Waals surface area contributed by atoms with E-state index in [1.807, 2.05) is 0 Å². The largest absolute Gasteiger partial charge is 0.461 e. The predicted molar refractivity (Wildman–Crippen MR) is 157 cm³/mol. The van der Waals surface area contributed by atoms with E-state index >= 15 is 0 Å². The molecule has 0 N–H and O–H groups in total. The molecule has 0 bridgehead atoms. The first-order chi connectivity index (χ1) is 17.6. The fourth-order valence-corrected chi connectivity index (χ4v) is 9.89. The van der Waals surface area contributed by atoms with Gasteiger partial charge in [-0.05, 0) is 97.7 Å². The van der Waals surface area contributed by atoms with Crippen LogP contribution in [0.5, 0.6) is 0 Å². The molecule has 0 aromatic carbocycles. The van der Waals surface area contributed by atoms with Crippen molar-refractivity contribution < 1.29 is 9.53 Å². The highest BCUT2D eigenvalue weighted by Crippen LogP contribution is 2.67. The first-order valence-corrected chi connectivity index (χ1v) is 16.6. The second-order valence-corrected chi connectivity index (χ2v) is 15.1. The number of alkyl halides is 1. The molecule has 0 spiro atoms. The molecular weight excluding hydrogens is 476 g/mol. The van der Waals surface area contributed by atoms with Crippen molar-refractivity contribution in [2.45, 2.75) is 149 Å². The van der Waals surface area contributed by atoms with Gasteiger partial charge < -0.3 is 4.74 Å². The van der Waals surface area contributed by atoms with E-state index in [9.17, 15) is 4.79 Å². The molecule has 0 heterocycles. The Morgan fingerprint density at radius 2 is 1.78 bits per heavy atom. The van der Waals surface area contributed by atoms with Gasteiger partial charge in [-0.1, -0.05) is 91.7 Å². The number of ether oxygens (including phenoxy) is 1. The van der Waals surface area contributed by atoms with E-state index in [4.69, 9.17) is 16.3 Å². The highest BCUT2D eigenvalue weighted by Gasteiger charge is 2.59. The second-order valence-electron chi connectivity index (χ2n) is 14.6. The van der Waals surface area contributed by atoms with E-state index in [0.29, 0.717) is 10.8 Å². The molecule has 2 nitrogen and oxygen atoms in total. The molecule has 4 aliphatic carbocycles. The van der Waals surface area contributed by atoms with E-state index in [1.165, 1.54) is 57.8 Å². The minimum atomic E-state index is -0.483. The topological polar surface area (TPSA) is 26.3 Å². The Kier molecular flexibility index (Phi) is 9.84. The molecule has 212 valence electrons. The molecule has 0 unspecified atom stereocenters. The number of hydrogen-bond acceptors (Lipinski definition) is 2. The number of halogens is 1. The van der Waals surface area contributed by atoms with Crippen molar-refractivity contribution >= 4 is 17.6 Å². The summed E-state index contributed by atoms with van der Waals surface area (Å²) in [5.41, 5.74) is 2.44. The fraction of sp³-hybridized carbons (Fsp3) is 0.912. The third kappa shape index (κ3) is 6.15. The van der Waals surface area contributed by atoms with E-state index in [-0.39, 0.29) is 12.1 Å². The van der Waals surface area contributed by atoms with Crippen molar-refractivity contribution in [3.05, 3.63) is 11.6 Å². The molecule has 0 aromatic rings. The number of fused-ring (bicyclic) bond motifs is 5. The SMILES string of the molecule is CCCCC[C@@H](Cl)C(=O)O[C@H]1CC[C@@]2(C)C(=CC[C@@H]3[C@H]4CC[C@@H]([C@H](C)CCCC(C)C)[C@@]4(C)CC[C@H]32)C1. The number of carbonyl (C=O) groups is 1. The summed E-state index contributed by atoms with van der Waals surface area (Å²) in [6.07, 6.45) is 20.9. The summed E-state index contributed by atoms with van der Waals surface area (Å²) in [5.74, 6) is 4.99. The zero-order valence-corrected chi connectivity index (χ0v) is 25.8. The molecule has 4 rings (SSSR count). The number of hydrogen-bond donors (Lipinski definition) is 0. The lowest BCUT2D eigenvalue weighted by atomic mass is 9.47. The molecular formula is C34H57ClO2. The Labute approximate surface area is 234 Å². The van der Waals surface area contributed by atoms with Crippen molar-refractivity contribution in [1.29, 1.82) is 0 Å². The zero-order chi connectivity index (χ0) is 26.8. The van der Waals surface area contributed by atoms with Crippen LogP contribution in [0.3, 0.4) is 0 Å². The number of unbranched alkanes of at least 4 members (excludes halogenated alkanes) is 2. The van der Waals surface area contributed by atoms with Gasteiger partial charge >= 0.3 is 5.97 Å². The lowest BCUT2D eigenvalue weighted by Crippen LogP contribution is -2.51. The van der Waals surface area contributed by atoms with Gasteiger partial charge in [0.05, 0.1) is 0 Å². The molecule has 0 amide bonds. The fourth-order valence-electron chi connectivity index (χ4n) is 9.68. The van der Waals surface area contributed by atoms with Crippen LogP contribution in [0.25, 0.3) is 0 Å². The zero-order valence-electron chi connectivity index (χ0n) is 25.0. The van der Waals surface area contributed by atoms with Gasteiger partial charge in [0.2, 0.25) is 0 Å². The smallest absolute Gasteiger partial charge is 0.324 e. The van der Waals surface area contributed by atoms with Crippen LogP contribution in [-0.2, 0) is 9.53 Å². The summed E-state index contributed by atoms with van der Waals surface area (Å²) in [4.78, 5) is 12.6. The van der Waals surface area contributed by atoms with Crippen molar-refractivity contribution in [2.24, 2.45) is 46.3 Å². The van der Waals surface area contributed by atoms with Gasteiger partial charge in [-0.15, -0.1) is 11.6 Å². The summed E-state index contributed by atoms with van der Waals surface area (Å²) in [6, 6.07) is 0. The summed E-state index contributed by atoms with van der Waals surface area (Å²) in [7, 11) is 0. The van der Waals surface area contributed by atoms with E-state index in [1.54, 1.807) is 5.57 Å². The van der Waals surface area contributed by atoms with Crippen molar-refractivity contribution in [1.82, 2.24) is 0 Å². The average Bonchev–Trinajstić information content (AvgIpc) is 3.21. The van der Waals surface area contributed by atoms with Crippen LogP contribution in [0.4, 0.5) is 0 Å². The molecule has 0 saturated heterocycles. The highest BCUT2D eigenvalue weighted by molar-refractivity contribution is 6.29. The molecule has 9 atom stereocenters. The normalized spacial score (nSPS) is 38.8. The number of esters is 1. The second kappa shape index (κ2) is 12.3. The average molecular weight is 533 g/mol. The number of allylic oxidation sites excluding steroid dienone is 1. The maximum Gasteiger partial charge on any atom is 0.324 e. The Bertz CT molecular complexity index is 804. The summed E-state index contributed by atoms with van der Waals surface area (Å²) in [5, 5.41) is -0.483. The molecule has 3 fully saturated rings. The minimum absolute atomic E-state index is 0.0206. The Balaban J connectivity index is 1.38. The van der Waals surface area contributed by atoms with Gasteiger partial charge in [0, 0.05) is 6.42 Å². The van der Waals surface area contributed by atoms with Gasteiger partial charge in [0.15, 0.2) is 0 Å². The van der Waals surface area contributed by atoms with Crippen molar-refractivity contribution in [2.75, 3.05) is 0 Å². The van der Waals surface area contributed by atoms with Crippen LogP contribution in [-0.4, -0.2) is 17.5 Å². The van der Waals surface area contributed by atoms with Crippen LogP contribution in [0.1, 0.15) is 138 Å². The van der Waals surface area contributed by atoms with Crippen LogP contribution >= 0.6 is 11.6 Å². The number of rotatable bonds is 11. The van der Waals surface area contributed by atoms with E-state index < -0.39 is 5.38 Å². The van der Waals surface area contributed by atoms with Gasteiger partial charge in [0.25, 0.3) is 0 Å². The first-order valence-electron chi connectivity index (χ1n) is 16.1. The summed E-state index contributed by atoms with van der Waals surface area (Å²) >= 11 is 6.39. The number of carbonyl (C=O) groups excluding carboxylic acids is 1.